The number of hydrogen-bond acceptors (Lipinski definition) is 2. The van der Waals surface area contributed by atoms with Gasteiger partial charge in [0, 0.05) is 6.42 Å². The van der Waals surface area contributed by atoms with E-state index in [0.29, 0.717) is 5.88 Å². The summed E-state index contributed by atoms with van der Waals surface area (Å²) < 4.78 is 5.41. The molecule has 0 radical (unpaired) electrons. The molecular weight excluding hydrogens is 174 g/mol. The fraction of sp³-hybridized carbons (Fsp3) is 0.667. The van der Waals surface area contributed by atoms with Crippen molar-refractivity contribution < 1.29 is 4.42 Å². The number of hydrogen-bond donors (Lipinski definition) is 0. The van der Waals surface area contributed by atoms with Crippen LogP contribution in [-0.2, 0) is 12.3 Å². The molecule has 0 unspecified atom stereocenters. The molecule has 0 spiro atoms. The Kier molecular flexibility index (Phi) is 3.60. The van der Waals surface area contributed by atoms with Crippen molar-refractivity contribution >= 4 is 11.6 Å². The van der Waals surface area contributed by atoms with E-state index in [2.05, 4.69) is 11.9 Å². The van der Waals surface area contributed by atoms with E-state index in [-0.39, 0.29) is 0 Å². The van der Waals surface area contributed by atoms with E-state index in [9.17, 15) is 0 Å². The Hall–Kier alpha value is -0.500. The topological polar surface area (TPSA) is 26.0 Å². The molecular formula is C9H14ClNO. The first-order valence-electron chi connectivity index (χ1n) is 4.29. The lowest BCUT2D eigenvalue weighted by Crippen LogP contribution is -1.85. The molecule has 68 valence electrons. The van der Waals surface area contributed by atoms with Gasteiger partial charge in [0.15, 0.2) is 5.89 Å². The predicted octanol–water partition coefficient (Wildman–Crippen LogP) is 3.06. The van der Waals surface area contributed by atoms with Crippen molar-refractivity contribution in [2.45, 2.75) is 39.0 Å². The Labute approximate surface area is 77.9 Å². The van der Waals surface area contributed by atoms with Crippen molar-refractivity contribution in [1.29, 1.82) is 0 Å². The van der Waals surface area contributed by atoms with Crippen LogP contribution in [0.5, 0.6) is 0 Å². The van der Waals surface area contributed by atoms with Crippen LogP contribution in [0.3, 0.4) is 0 Å². The number of rotatable bonds is 4. The number of alkyl halides is 1. The highest BCUT2D eigenvalue weighted by atomic mass is 35.5. The van der Waals surface area contributed by atoms with Gasteiger partial charge in [-0.15, -0.1) is 11.6 Å². The van der Waals surface area contributed by atoms with Gasteiger partial charge in [-0.25, -0.2) is 4.98 Å². The molecule has 0 aliphatic heterocycles. The highest BCUT2D eigenvalue weighted by Crippen LogP contribution is 2.13. The third-order valence-electron chi connectivity index (χ3n) is 1.81. The Morgan fingerprint density at radius 1 is 1.50 bits per heavy atom. The van der Waals surface area contributed by atoms with Crippen LogP contribution in [0.1, 0.15) is 37.1 Å². The first-order valence-corrected chi connectivity index (χ1v) is 4.82. The standard InChI is InChI=1S/C9H14ClNO/c1-3-4-5-9-11-8(6-10)7(2)12-9/h3-6H2,1-2H3. The summed E-state index contributed by atoms with van der Waals surface area (Å²) in [5.74, 6) is 2.13. The van der Waals surface area contributed by atoms with Gasteiger partial charge in [-0.05, 0) is 13.3 Å². The molecule has 1 aromatic rings. The van der Waals surface area contributed by atoms with Crippen LogP contribution in [0.4, 0.5) is 0 Å². The van der Waals surface area contributed by atoms with Crippen molar-refractivity contribution in [2.75, 3.05) is 0 Å². The van der Waals surface area contributed by atoms with Crippen molar-refractivity contribution in [3.8, 4) is 0 Å². The van der Waals surface area contributed by atoms with Crippen molar-refractivity contribution in [3.63, 3.8) is 0 Å². The normalized spacial score (nSPS) is 10.6. The number of nitrogens with zero attached hydrogens (tertiary/aromatic N) is 1. The van der Waals surface area contributed by atoms with E-state index in [1.807, 2.05) is 6.92 Å². The average molecular weight is 188 g/mol. The van der Waals surface area contributed by atoms with Gasteiger partial charge in [0.2, 0.25) is 0 Å². The summed E-state index contributed by atoms with van der Waals surface area (Å²) in [7, 11) is 0. The molecule has 0 aromatic carbocycles. The lowest BCUT2D eigenvalue weighted by molar-refractivity contribution is 0.463. The lowest BCUT2D eigenvalue weighted by Gasteiger charge is -1.89. The summed E-state index contributed by atoms with van der Waals surface area (Å²) in [5.41, 5.74) is 0.878. The molecule has 0 aliphatic carbocycles. The minimum atomic E-state index is 0.446. The zero-order chi connectivity index (χ0) is 8.97. The number of aryl methyl sites for hydroxylation is 2. The van der Waals surface area contributed by atoms with Crippen LogP contribution in [0.25, 0.3) is 0 Å². The predicted molar refractivity (Wildman–Crippen MR) is 49.4 cm³/mol. The SMILES string of the molecule is CCCCc1nc(CCl)c(C)o1. The molecule has 2 nitrogen and oxygen atoms in total. The van der Waals surface area contributed by atoms with E-state index in [1.165, 1.54) is 0 Å². The van der Waals surface area contributed by atoms with Gasteiger partial charge in [-0.1, -0.05) is 13.3 Å². The molecule has 0 atom stereocenters. The molecule has 0 saturated carbocycles. The van der Waals surface area contributed by atoms with Crippen LogP contribution in [0.15, 0.2) is 4.42 Å². The molecule has 0 amide bonds. The maximum absolute atomic E-state index is 5.66. The zero-order valence-electron chi connectivity index (χ0n) is 7.56. The smallest absolute Gasteiger partial charge is 0.194 e. The van der Waals surface area contributed by atoms with Crippen LogP contribution >= 0.6 is 11.6 Å². The van der Waals surface area contributed by atoms with Crippen LogP contribution in [0.2, 0.25) is 0 Å². The van der Waals surface area contributed by atoms with E-state index in [1.54, 1.807) is 0 Å². The molecule has 3 heteroatoms. The summed E-state index contributed by atoms with van der Waals surface area (Å²) in [6.07, 6.45) is 3.22. The summed E-state index contributed by atoms with van der Waals surface area (Å²) in [6.45, 7) is 4.05. The second kappa shape index (κ2) is 4.51. The second-order valence-electron chi connectivity index (χ2n) is 2.85. The summed E-state index contributed by atoms with van der Waals surface area (Å²) in [4.78, 5) is 4.27. The third kappa shape index (κ3) is 2.24. The van der Waals surface area contributed by atoms with Crippen molar-refractivity contribution in [2.24, 2.45) is 0 Å². The maximum atomic E-state index is 5.66. The Morgan fingerprint density at radius 3 is 2.75 bits per heavy atom. The quantitative estimate of drug-likeness (QED) is 0.678. The number of halogens is 1. The molecule has 0 bridgehead atoms. The van der Waals surface area contributed by atoms with Gasteiger partial charge in [0.05, 0.1) is 11.6 Å². The van der Waals surface area contributed by atoms with Gasteiger partial charge in [-0.3, -0.25) is 0 Å². The van der Waals surface area contributed by atoms with Crippen LogP contribution in [0, 0.1) is 6.92 Å². The largest absolute Gasteiger partial charge is 0.446 e. The first kappa shape index (κ1) is 9.59. The summed E-state index contributed by atoms with van der Waals surface area (Å²) in [5, 5.41) is 0. The zero-order valence-corrected chi connectivity index (χ0v) is 8.32. The minimum absolute atomic E-state index is 0.446. The van der Waals surface area contributed by atoms with Crippen LogP contribution < -0.4 is 0 Å². The van der Waals surface area contributed by atoms with Crippen molar-refractivity contribution in [1.82, 2.24) is 4.98 Å². The van der Waals surface area contributed by atoms with Gasteiger partial charge >= 0.3 is 0 Å². The van der Waals surface area contributed by atoms with E-state index in [0.717, 1.165) is 36.6 Å². The fourth-order valence-corrected chi connectivity index (χ4v) is 1.29. The average Bonchev–Trinajstić information content (AvgIpc) is 2.43. The molecule has 0 fully saturated rings. The highest BCUT2D eigenvalue weighted by molar-refractivity contribution is 6.16. The molecule has 1 heterocycles. The maximum Gasteiger partial charge on any atom is 0.194 e. The van der Waals surface area contributed by atoms with E-state index in [4.69, 9.17) is 16.0 Å². The first-order chi connectivity index (χ1) is 5.77. The number of oxazole rings is 1. The molecule has 0 N–H and O–H groups in total. The number of aromatic nitrogens is 1. The van der Waals surface area contributed by atoms with Gasteiger partial charge in [-0.2, -0.15) is 0 Å². The summed E-state index contributed by atoms with van der Waals surface area (Å²) in [6, 6.07) is 0. The van der Waals surface area contributed by atoms with Crippen LogP contribution in [-0.4, -0.2) is 4.98 Å². The van der Waals surface area contributed by atoms with E-state index < -0.39 is 0 Å². The minimum Gasteiger partial charge on any atom is -0.446 e. The Morgan fingerprint density at radius 2 is 2.25 bits per heavy atom. The van der Waals surface area contributed by atoms with Gasteiger partial charge in [0.25, 0.3) is 0 Å². The lowest BCUT2D eigenvalue weighted by atomic mass is 10.2. The summed E-state index contributed by atoms with van der Waals surface area (Å²) >= 11 is 5.66. The Balaban J connectivity index is 2.62. The number of unbranched alkanes of at least 4 members (excludes halogenated alkanes) is 1. The monoisotopic (exact) mass is 187 g/mol. The molecule has 0 saturated heterocycles. The Bertz CT molecular complexity index is 245. The molecule has 0 aliphatic rings. The molecule has 1 rings (SSSR count). The van der Waals surface area contributed by atoms with Gasteiger partial charge < -0.3 is 4.42 Å². The molecule has 1 aromatic heterocycles. The van der Waals surface area contributed by atoms with Crippen molar-refractivity contribution in [3.05, 3.63) is 17.3 Å². The van der Waals surface area contributed by atoms with E-state index >= 15 is 0 Å². The second-order valence-corrected chi connectivity index (χ2v) is 3.11. The third-order valence-corrected chi connectivity index (χ3v) is 2.06. The highest BCUT2D eigenvalue weighted by Gasteiger charge is 2.06. The van der Waals surface area contributed by atoms with Gasteiger partial charge in [0.1, 0.15) is 5.76 Å². The molecule has 12 heavy (non-hydrogen) atoms. The fourth-order valence-electron chi connectivity index (χ4n) is 1.05.